The zero-order valence-corrected chi connectivity index (χ0v) is 17.1. The van der Waals surface area contributed by atoms with Crippen molar-refractivity contribution >= 4 is 10.0 Å². The molecule has 0 aromatic heterocycles. The van der Waals surface area contributed by atoms with E-state index in [1.807, 2.05) is 18.2 Å². The lowest BCUT2D eigenvalue weighted by Crippen LogP contribution is -2.47. The van der Waals surface area contributed by atoms with Gasteiger partial charge < -0.3 is 9.64 Å². The Bertz CT molecular complexity index is 738. The van der Waals surface area contributed by atoms with Crippen molar-refractivity contribution in [2.24, 2.45) is 0 Å². The summed E-state index contributed by atoms with van der Waals surface area (Å²) in [5.41, 5.74) is 2.54. The SMILES string of the molecule is O=S(=O)(c1ccc2c(c1)CCC2)N(CCN1CCCCC1)C1CCOCC1. The summed E-state index contributed by atoms with van der Waals surface area (Å²) in [4.78, 5) is 2.90. The van der Waals surface area contributed by atoms with Crippen LogP contribution in [-0.2, 0) is 27.6 Å². The van der Waals surface area contributed by atoms with E-state index >= 15 is 0 Å². The van der Waals surface area contributed by atoms with Crippen molar-refractivity contribution in [2.45, 2.75) is 62.3 Å². The quantitative estimate of drug-likeness (QED) is 0.747. The van der Waals surface area contributed by atoms with Crippen molar-refractivity contribution in [2.75, 3.05) is 39.4 Å². The third kappa shape index (κ3) is 4.39. The third-order valence-electron chi connectivity index (χ3n) is 6.36. The first-order valence-corrected chi connectivity index (χ1v) is 12.0. The minimum Gasteiger partial charge on any atom is -0.381 e. The Hall–Kier alpha value is -0.950. The van der Waals surface area contributed by atoms with E-state index in [0.717, 1.165) is 51.7 Å². The van der Waals surface area contributed by atoms with Gasteiger partial charge in [0.2, 0.25) is 10.0 Å². The van der Waals surface area contributed by atoms with Crippen LogP contribution in [0, 0.1) is 0 Å². The first kappa shape index (κ1) is 19.4. The van der Waals surface area contributed by atoms with Crippen LogP contribution in [0.5, 0.6) is 0 Å². The summed E-state index contributed by atoms with van der Waals surface area (Å²) in [5.74, 6) is 0. The number of nitrogens with zero attached hydrogens (tertiary/aromatic N) is 2. The second kappa shape index (κ2) is 8.60. The van der Waals surface area contributed by atoms with E-state index in [-0.39, 0.29) is 6.04 Å². The summed E-state index contributed by atoms with van der Waals surface area (Å²) in [5, 5.41) is 0. The monoisotopic (exact) mass is 392 g/mol. The van der Waals surface area contributed by atoms with Crippen LogP contribution < -0.4 is 0 Å². The van der Waals surface area contributed by atoms with E-state index in [4.69, 9.17) is 4.74 Å². The topological polar surface area (TPSA) is 49.9 Å². The number of hydrogen-bond donors (Lipinski definition) is 0. The molecule has 1 aromatic carbocycles. The first-order valence-electron chi connectivity index (χ1n) is 10.6. The molecule has 2 aliphatic heterocycles. The molecule has 27 heavy (non-hydrogen) atoms. The maximum absolute atomic E-state index is 13.6. The van der Waals surface area contributed by atoms with Crippen molar-refractivity contribution in [3.05, 3.63) is 29.3 Å². The van der Waals surface area contributed by atoms with Gasteiger partial charge in [-0.15, -0.1) is 0 Å². The normalized spacial score (nSPS) is 22.3. The zero-order valence-electron chi connectivity index (χ0n) is 16.2. The number of hydrogen-bond acceptors (Lipinski definition) is 4. The van der Waals surface area contributed by atoms with Gasteiger partial charge >= 0.3 is 0 Å². The molecule has 2 saturated heterocycles. The lowest BCUT2D eigenvalue weighted by atomic mass is 10.1. The van der Waals surface area contributed by atoms with Crippen LogP contribution in [0.1, 0.15) is 49.7 Å². The maximum atomic E-state index is 13.6. The largest absolute Gasteiger partial charge is 0.381 e. The summed E-state index contributed by atoms with van der Waals surface area (Å²) in [7, 11) is -3.47. The molecule has 0 atom stereocenters. The van der Waals surface area contributed by atoms with Crippen molar-refractivity contribution in [3.63, 3.8) is 0 Å². The Morgan fingerprint density at radius 3 is 2.52 bits per heavy atom. The second-order valence-corrected chi connectivity index (χ2v) is 10.0. The van der Waals surface area contributed by atoms with E-state index < -0.39 is 10.0 Å². The Labute approximate surface area is 163 Å². The average molecular weight is 393 g/mol. The number of rotatable bonds is 6. The standard InChI is InChI=1S/C21H32N2O3S/c24-27(25,21-8-7-18-5-4-6-19(18)17-21)23(20-9-15-26-16-10-20)14-13-22-11-2-1-3-12-22/h7-8,17,20H,1-6,9-16H2. The van der Waals surface area contributed by atoms with E-state index in [0.29, 0.717) is 24.7 Å². The van der Waals surface area contributed by atoms with Crippen LogP contribution in [0.4, 0.5) is 0 Å². The molecule has 1 aliphatic carbocycles. The molecule has 0 radical (unpaired) electrons. The van der Waals surface area contributed by atoms with E-state index in [9.17, 15) is 8.42 Å². The van der Waals surface area contributed by atoms with Gasteiger partial charge in [-0.2, -0.15) is 4.31 Å². The van der Waals surface area contributed by atoms with Crippen LogP contribution in [0.15, 0.2) is 23.1 Å². The molecule has 4 rings (SSSR count). The van der Waals surface area contributed by atoms with Crippen molar-refractivity contribution in [1.29, 1.82) is 0 Å². The number of fused-ring (bicyclic) bond motifs is 1. The fourth-order valence-corrected chi connectivity index (χ4v) is 6.47. The number of benzene rings is 1. The molecular weight excluding hydrogens is 360 g/mol. The van der Waals surface area contributed by atoms with Gasteiger partial charge in [0.05, 0.1) is 4.90 Å². The average Bonchev–Trinajstić information content (AvgIpc) is 3.17. The molecule has 2 fully saturated rings. The number of aryl methyl sites for hydroxylation is 2. The number of sulfonamides is 1. The van der Waals surface area contributed by atoms with Crippen LogP contribution in [0.25, 0.3) is 0 Å². The minimum atomic E-state index is -3.47. The Morgan fingerprint density at radius 2 is 1.74 bits per heavy atom. The number of piperidine rings is 1. The summed E-state index contributed by atoms with van der Waals surface area (Å²) in [6.07, 6.45) is 8.57. The predicted octanol–water partition coefficient (Wildman–Crippen LogP) is 2.83. The van der Waals surface area contributed by atoms with Gasteiger partial charge in [0.15, 0.2) is 0 Å². The molecule has 0 spiro atoms. The molecule has 5 nitrogen and oxygen atoms in total. The molecule has 6 heteroatoms. The van der Waals surface area contributed by atoms with Crippen LogP contribution in [0.3, 0.4) is 0 Å². The van der Waals surface area contributed by atoms with Gasteiger partial charge in [0.25, 0.3) is 0 Å². The fourth-order valence-electron chi connectivity index (χ4n) is 4.74. The Kier molecular flexibility index (Phi) is 6.17. The maximum Gasteiger partial charge on any atom is 0.243 e. The third-order valence-corrected chi connectivity index (χ3v) is 8.31. The van der Waals surface area contributed by atoms with Crippen LogP contribution >= 0.6 is 0 Å². The zero-order chi connectivity index (χ0) is 18.7. The van der Waals surface area contributed by atoms with E-state index in [1.165, 1.54) is 30.4 Å². The number of ether oxygens (including phenoxy) is 1. The molecule has 150 valence electrons. The van der Waals surface area contributed by atoms with Gasteiger partial charge in [0, 0.05) is 32.3 Å². The van der Waals surface area contributed by atoms with Crippen LogP contribution in [-0.4, -0.2) is 63.1 Å². The Balaban J connectivity index is 1.55. The minimum absolute atomic E-state index is 0.0572. The van der Waals surface area contributed by atoms with Gasteiger partial charge in [0.1, 0.15) is 0 Å². The molecule has 0 saturated carbocycles. The van der Waals surface area contributed by atoms with E-state index in [1.54, 1.807) is 4.31 Å². The highest BCUT2D eigenvalue weighted by atomic mass is 32.2. The van der Waals surface area contributed by atoms with Crippen molar-refractivity contribution < 1.29 is 13.2 Å². The van der Waals surface area contributed by atoms with Gasteiger partial charge in [-0.3, -0.25) is 0 Å². The lowest BCUT2D eigenvalue weighted by Gasteiger charge is -2.35. The summed E-state index contributed by atoms with van der Waals surface area (Å²) < 4.78 is 34.4. The summed E-state index contributed by atoms with van der Waals surface area (Å²) >= 11 is 0. The van der Waals surface area contributed by atoms with Gasteiger partial charge in [-0.1, -0.05) is 12.5 Å². The highest BCUT2D eigenvalue weighted by Crippen LogP contribution is 2.28. The van der Waals surface area contributed by atoms with Crippen molar-refractivity contribution in [3.8, 4) is 0 Å². The van der Waals surface area contributed by atoms with Gasteiger partial charge in [-0.05, 0) is 81.3 Å². The second-order valence-electron chi connectivity index (χ2n) is 8.15. The molecule has 0 unspecified atom stereocenters. The highest BCUT2D eigenvalue weighted by Gasteiger charge is 2.33. The summed E-state index contributed by atoms with van der Waals surface area (Å²) in [6, 6.07) is 5.85. The Morgan fingerprint density at radius 1 is 1.00 bits per heavy atom. The first-order chi connectivity index (χ1) is 13.1. The number of likely N-dealkylation sites (tertiary alicyclic amines) is 1. The lowest BCUT2D eigenvalue weighted by molar-refractivity contribution is 0.0557. The predicted molar refractivity (Wildman–Crippen MR) is 106 cm³/mol. The molecule has 0 amide bonds. The fraction of sp³-hybridized carbons (Fsp3) is 0.714. The van der Waals surface area contributed by atoms with Crippen LogP contribution in [0.2, 0.25) is 0 Å². The molecular formula is C21H32N2O3S. The molecule has 0 bridgehead atoms. The highest BCUT2D eigenvalue weighted by molar-refractivity contribution is 7.89. The smallest absolute Gasteiger partial charge is 0.243 e. The van der Waals surface area contributed by atoms with Gasteiger partial charge in [-0.25, -0.2) is 8.42 Å². The van der Waals surface area contributed by atoms with Crippen molar-refractivity contribution in [1.82, 2.24) is 9.21 Å². The molecule has 3 aliphatic rings. The molecule has 2 heterocycles. The molecule has 1 aromatic rings. The van der Waals surface area contributed by atoms with E-state index in [2.05, 4.69) is 4.90 Å². The molecule has 0 N–H and O–H groups in total. The summed E-state index contributed by atoms with van der Waals surface area (Å²) in [6.45, 7) is 4.93.